The third kappa shape index (κ3) is 3.26. The minimum atomic E-state index is 0.606. The first-order valence-electron chi connectivity index (χ1n) is 6.51. The zero-order chi connectivity index (χ0) is 11.5. The third-order valence-corrected chi connectivity index (χ3v) is 3.35. The van der Waals surface area contributed by atoms with E-state index in [0.717, 1.165) is 5.92 Å². The van der Waals surface area contributed by atoms with Gasteiger partial charge in [0.25, 0.3) is 0 Å². The van der Waals surface area contributed by atoms with Crippen LogP contribution < -0.4 is 5.32 Å². The Morgan fingerprint density at radius 1 is 1.25 bits per heavy atom. The fourth-order valence-corrected chi connectivity index (χ4v) is 2.18. The number of hydrogen-bond acceptors (Lipinski definition) is 1. The summed E-state index contributed by atoms with van der Waals surface area (Å²) in [5.74, 6) is 1.61. The van der Waals surface area contributed by atoms with Crippen molar-refractivity contribution in [1.82, 2.24) is 0 Å². The van der Waals surface area contributed by atoms with E-state index in [9.17, 15) is 0 Å². The predicted octanol–water partition coefficient (Wildman–Crippen LogP) is 4.41. The molecule has 0 aromatic heterocycles. The fourth-order valence-electron chi connectivity index (χ4n) is 2.18. The van der Waals surface area contributed by atoms with Crippen LogP contribution in [-0.4, -0.2) is 6.04 Å². The van der Waals surface area contributed by atoms with Gasteiger partial charge in [-0.3, -0.25) is 0 Å². The van der Waals surface area contributed by atoms with E-state index in [1.807, 2.05) is 0 Å². The summed E-state index contributed by atoms with van der Waals surface area (Å²) in [6.45, 7) is 6.78. The van der Waals surface area contributed by atoms with Crippen LogP contribution in [0.25, 0.3) is 0 Å². The van der Waals surface area contributed by atoms with Crippen LogP contribution in [0.15, 0.2) is 24.3 Å². The Morgan fingerprint density at radius 3 is 2.62 bits per heavy atom. The standard InChI is InChI=1S/C15H23N/c1-11(2)14-5-4-6-15(10-14)16-12(3)9-13-7-8-13/h4-6,10-13,16H,7-9H2,1-3H3. The number of hydrogen-bond donors (Lipinski definition) is 1. The highest BCUT2D eigenvalue weighted by Gasteiger charge is 2.23. The molecular formula is C15H23N. The second-order valence-electron chi connectivity index (χ2n) is 5.50. The van der Waals surface area contributed by atoms with Crippen LogP contribution in [0.5, 0.6) is 0 Å². The minimum Gasteiger partial charge on any atom is -0.383 e. The van der Waals surface area contributed by atoms with Crippen molar-refractivity contribution in [2.45, 2.75) is 52.0 Å². The molecule has 2 rings (SSSR count). The molecule has 0 heterocycles. The topological polar surface area (TPSA) is 12.0 Å². The van der Waals surface area contributed by atoms with Gasteiger partial charge in [0.15, 0.2) is 0 Å². The summed E-state index contributed by atoms with van der Waals surface area (Å²) < 4.78 is 0. The molecule has 16 heavy (non-hydrogen) atoms. The maximum absolute atomic E-state index is 3.61. The molecular weight excluding hydrogens is 194 g/mol. The Hall–Kier alpha value is -0.980. The van der Waals surface area contributed by atoms with Gasteiger partial charge in [0, 0.05) is 11.7 Å². The van der Waals surface area contributed by atoms with Gasteiger partial charge in [-0.15, -0.1) is 0 Å². The van der Waals surface area contributed by atoms with Gasteiger partial charge in [0.1, 0.15) is 0 Å². The van der Waals surface area contributed by atoms with Crippen molar-refractivity contribution in [3.8, 4) is 0 Å². The fraction of sp³-hybridized carbons (Fsp3) is 0.600. The van der Waals surface area contributed by atoms with Crippen molar-refractivity contribution < 1.29 is 0 Å². The molecule has 1 aliphatic carbocycles. The zero-order valence-electron chi connectivity index (χ0n) is 10.7. The molecule has 0 radical (unpaired) electrons. The lowest BCUT2D eigenvalue weighted by Crippen LogP contribution is -2.15. The summed E-state index contributed by atoms with van der Waals surface area (Å²) >= 11 is 0. The van der Waals surface area contributed by atoms with Gasteiger partial charge in [-0.2, -0.15) is 0 Å². The highest BCUT2D eigenvalue weighted by atomic mass is 14.9. The van der Waals surface area contributed by atoms with E-state index >= 15 is 0 Å². The molecule has 0 aliphatic heterocycles. The van der Waals surface area contributed by atoms with Gasteiger partial charge in [-0.25, -0.2) is 0 Å². The summed E-state index contributed by atoms with van der Waals surface area (Å²) in [7, 11) is 0. The number of rotatable bonds is 5. The van der Waals surface area contributed by atoms with Crippen LogP contribution in [-0.2, 0) is 0 Å². The Bertz CT molecular complexity index is 339. The van der Waals surface area contributed by atoms with Crippen LogP contribution in [0.4, 0.5) is 5.69 Å². The van der Waals surface area contributed by atoms with Gasteiger partial charge in [0.05, 0.1) is 0 Å². The summed E-state index contributed by atoms with van der Waals surface area (Å²) in [4.78, 5) is 0. The molecule has 0 spiro atoms. The maximum Gasteiger partial charge on any atom is 0.0345 e. The molecule has 0 bridgehead atoms. The van der Waals surface area contributed by atoms with Crippen molar-refractivity contribution >= 4 is 5.69 Å². The first-order chi connectivity index (χ1) is 7.65. The maximum atomic E-state index is 3.61. The molecule has 1 aliphatic rings. The predicted molar refractivity (Wildman–Crippen MR) is 71.0 cm³/mol. The lowest BCUT2D eigenvalue weighted by Gasteiger charge is -2.16. The SMILES string of the molecule is CC(CC1CC1)Nc1cccc(C(C)C)c1. The largest absolute Gasteiger partial charge is 0.383 e. The molecule has 1 aromatic carbocycles. The van der Waals surface area contributed by atoms with Crippen LogP contribution in [0.1, 0.15) is 51.5 Å². The minimum absolute atomic E-state index is 0.606. The monoisotopic (exact) mass is 217 g/mol. The van der Waals surface area contributed by atoms with Gasteiger partial charge >= 0.3 is 0 Å². The van der Waals surface area contributed by atoms with Crippen LogP contribution in [0, 0.1) is 5.92 Å². The molecule has 1 saturated carbocycles. The Morgan fingerprint density at radius 2 is 2.00 bits per heavy atom. The van der Waals surface area contributed by atoms with Crippen molar-refractivity contribution in [3.63, 3.8) is 0 Å². The summed E-state index contributed by atoms with van der Waals surface area (Å²) in [6, 6.07) is 9.43. The highest BCUT2D eigenvalue weighted by molar-refractivity contribution is 5.47. The molecule has 1 fully saturated rings. The number of anilines is 1. The summed E-state index contributed by atoms with van der Waals surface area (Å²) in [5.41, 5.74) is 2.70. The molecule has 0 saturated heterocycles. The van der Waals surface area contributed by atoms with E-state index in [1.165, 1.54) is 30.5 Å². The first-order valence-corrected chi connectivity index (χ1v) is 6.51. The van der Waals surface area contributed by atoms with Gasteiger partial charge in [0.2, 0.25) is 0 Å². The summed E-state index contributed by atoms with van der Waals surface area (Å²) in [5, 5.41) is 3.61. The van der Waals surface area contributed by atoms with Crippen LogP contribution >= 0.6 is 0 Å². The molecule has 1 aromatic rings. The van der Waals surface area contributed by atoms with E-state index in [0.29, 0.717) is 12.0 Å². The van der Waals surface area contributed by atoms with Gasteiger partial charge in [-0.05, 0) is 42.9 Å². The Labute approximate surface area is 99.3 Å². The second-order valence-corrected chi connectivity index (χ2v) is 5.50. The number of nitrogens with one attached hydrogen (secondary N) is 1. The average Bonchev–Trinajstić information content (AvgIpc) is 3.01. The number of benzene rings is 1. The van der Waals surface area contributed by atoms with Crippen molar-refractivity contribution in [3.05, 3.63) is 29.8 Å². The van der Waals surface area contributed by atoms with E-state index in [4.69, 9.17) is 0 Å². The molecule has 1 atom stereocenters. The van der Waals surface area contributed by atoms with E-state index in [1.54, 1.807) is 0 Å². The van der Waals surface area contributed by atoms with Gasteiger partial charge < -0.3 is 5.32 Å². The highest BCUT2D eigenvalue weighted by Crippen LogP contribution is 2.34. The van der Waals surface area contributed by atoms with Crippen molar-refractivity contribution in [1.29, 1.82) is 0 Å². The molecule has 1 N–H and O–H groups in total. The van der Waals surface area contributed by atoms with Gasteiger partial charge in [-0.1, -0.05) is 38.8 Å². The average molecular weight is 217 g/mol. The van der Waals surface area contributed by atoms with E-state index < -0.39 is 0 Å². The summed E-state index contributed by atoms with van der Waals surface area (Å²) in [6.07, 6.45) is 4.21. The third-order valence-electron chi connectivity index (χ3n) is 3.35. The first kappa shape index (κ1) is 11.5. The second kappa shape index (κ2) is 4.90. The molecule has 0 amide bonds. The lowest BCUT2D eigenvalue weighted by molar-refractivity contribution is 0.642. The zero-order valence-corrected chi connectivity index (χ0v) is 10.7. The normalized spacial score (nSPS) is 17.5. The van der Waals surface area contributed by atoms with E-state index in [2.05, 4.69) is 50.4 Å². The smallest absolute Gasteiger partial charge is 0.0345 e. The lowest BCUT2D eigenvalue weighted by atomic mass is 10.0. The quantitative estimate of drug-likeness (QED) is 0.770. The van der Waals surface area contributed by atoms with E-state index in [-0.39, 0.29) is 0 Å². The van der Waals surface area contributed by atoms with Crippen molar-refractivity contribution in [2.75, 3.05) is 5.32 Å². The molecule has 88 valence electrons. The Balaban J connectivity index is 1.94. The molecule has 1 heteroatoms. The molecule has 1 nitrogen and oxygen atoms in total. The van der Waals surface area contributed by atoms with Crippen LogP contribution in [0.3, 0.4) is 0 Å². The molecule has 1 unspecified atom stereocenters. The van der Waals surface area contributed by atoms with Crippen molar-refractivity contribution in [2.24, 2.45) is 5.92 Å². The Kier molecular flexibility index (Phi) is 3.52. The van der Waals surface area contributed by atoms with Crippen LogP contribution in [0.2, 0.25) is 0 Å².